The van der Waals surface area contributed by atoms with E-state index in [1.807, 2.05) is 20.8 Å². The van der Waals surface area contributed by atoms with Crippen LogP contribution in [0.5, 0.6) is 0 Å². The van der Waals surface area contributed by atoms with E-state index in [-0.39, 0.29) is 17.6 Å². The minimum absolute atomic E-state index is 0.0998. The van der Waals surface area contributed by atoms with E-state index in [2.05, 4.69) is 4.74 Å². The van der Waals surface area contributed by atoms with Crippen LogP contribution in [0.3, 0.4) is 0 Å². The molecule has 1 heterocycles. The lowest BCUT2D eigenvalue weighted by molar-refractivity contribution is 0.0204. The largest absolute Gasteiger partial charge is 0.465 e. The first-order chi connectivity index (χ1) is 11.2. The SMILES string of the molecule is COC(=O)c1cc(F)cc(C2CCN(C(=O)OC(C)(C)C)CC2)c1. The van der Waals surface area contributed by atoms with Gasteiger partial charge in [-0.05, 0) is 63.3 Å². The number of likely N-dealkylation sites (tertiary alicyclic amines) is 1. The number of hydrogen-bond donors (Lipinski definition) is 0. The molecule has 0 N–H and O–H groups in total. The zero-order chi connectivity index (χ0) is 17.9. The van der Waals surface area contributed by atoms with Crippen LogP contribution in [0.2, 0.25) is 0 Å². The second kappa shape index (κ2) is 7.20. The third-order valence-electron chi connectivity index (χ3n) is 3.96. The predicted octanol–water partition coefficient (Wildman–Crippen LogP) is 3.73. The van der Waals surface area contributed by atoms with Crippen LogP contribution < -0.4 is 0 Å². The van der Waals surface area contributed by atoms with Gasteiger partial charge in [-0.15, -0.1) is 0 Å². The van der Waals surface area contributed by atoms with Crippen molar-refractivity contribution in [3.8, 4) is 0 Å². The highest BCUT2D eigenvalue weighted by Gasteiger charge is 2.28. The van der Waals surface area contributed by atoms with Gasteiger partial charge in [0.2, 0.25) is 0 Å². The number of methoxy groups -OCH3 is 1. The molecule has 0 atom stereocenters. The molecule has 5 nitrogen and oxygen atoms in total. The Morgan fingerprint density at radius 3 is 2.33 bits per heavy atom. The van der Waals surface area contributed by atoms with Gasteiger partial charge in [0.1, 0.15) is 11.4 Å². The second-order valence-corrected chi connectivity index (χ2v) is 7.01. The maximum atomic E-state index is 13.8. The van der Waals surface area contributed by atoms with E-state index < -0.39 is 17.4 Å². The summed E-state index contributed by atoms with van der Waals surface area (Å²) in [5.74, 6) is -0.910. The number of piperidine rings is 1. The Kier molecular flexibility index (Phi) is 5.47. The Bertz CT molecular complexity index is 616. The highest BCUT2D eigenvalue weighted by Crippen LogP contribution is 2.30. The van der Waals surface area contributed by atoms with Crippen molar-refractivity contribution in [2.45, 2.75) is 45.1 Å². The minimum Gasteiger partial charge on any atom is -0.465 e. The van der Waals surface area contributed by atoms with Crippen LogP contribution in [-0.4, -0.2) is 42.8 Å². The standard InChI is InChI=1S/C18H24FNO4/c1-18(2,3)24-17(22)20-7-5-12(6-8-20)13-9-14(16(21)23-4)11-15(19)10-13/h9-12H,5-8H2,1-4H3. The van der Waals surface area contributed by atoms with Crippen molar-refractivity contribution < 1.29 is 23.5 Å². The topological polar surface area (TPSA) is 55.8 Å². The Morgan fingerprint density at radius 2 is 1.79 bits per heavy atom. The van der Waals surface area contributed by atoms with Crippen LogP contribution in [-0.2, 0) is 9.47 Å². The van der Waals surface area contributed by atoms with Gasteiger partial charge in [-0.25, -0.2) is 14.0 Å². The normalized spacial score (nSPS) is 16.0. The molecule has 2 rings (SSSR count). The van der Waals surface area contributed by atoms with Gasteiger partial charge in [-0.1, -0.05) is 0 Å². The zero-order valence-electron chi connectivity index (χ0n) is 14.6. The van der Waals surface area contributed by atoms with Gasteiger partial charge in [0, 0.05) is 13.1 Å². The van der Waals surface area contributed by atoms with Crippen molar-refractivity contribution in [2.24, 2.45) is 0 Å². The maximum Gasteiger partial charge on any atom is 0.410 e. The molecule has 0 spiro atoms. The Morgan fingerprint density at radius 1 is 1.17 bits per heavy atom. The van der Waals surface area contributed by atoms with Crippen molar-refractivity contribution in [3.05, 3.63) is 35.1 Å². The maximum absolute atomic E-state index is 13.8. The number of benzene rings is 1. The summed E-state index contributed by atoms with van der Waals surface area (Å²) >= 11 is 0. The van der Waals surface area contributed by atoms with Crippen LogP contribution in [0.1, 0.15) is 55.5 Å². The van der Waals surface area contributed by atoms with Gasteiger partial charge in [-0.3, -0.25) is 0 Å². The van der Waals surface area contributed by atoms with Gasteiger partial charge in [0.05, 0.1) is 12.7 Å². The summed E-state index contributed by atoms with van der Waals surface area (Å²) in [7, 11) is 1.27. The van der Waals surface area contributed by atoms with Gasteiger partial charge in [0.25, 0.3) is 0 Å². The molecule has 132 valence electrons. The number of carbonyl (C=O) groups excluding carboxylic acids is 2. The Balaban J connectivity index is 2.03. The molecule has 1 aromatic carbocycles. The molecule has 24 heavy (non-hydrogen) atoms. The highest BCUT2D eigenvalue weighted by molar-refractivity contribution is 5.89. The smallest absolute Gasteiger partial charge is 0.410 e. The lowest BCUT2D eigenvalue weighted by Gasteiger charge is -2.33. The van der Waals surface area contributed by atoms with Crippen LogP contribution in [0.4, 0.5) is 9.18 Å². The average molecular weight is 337 g/mol. The summed E-state index contributed by atoms with van der Waals surface area (Å²) in [6, 6.07) is 4.29. The van der Waals surface area contributed by atoms with Crippen molar-refractivity contribution in [3.63, 3.8) is 0 Å². The highest BCUT2D eigenvalue weighted by atomic mass is 19.1. The molecule has 0 aromatic heterocycles. The molecule has 0 saturated carbocycles. The fourth-order valence-corrected chi connectivity index (χ4v) is 2.81. The van der Waals surface area contributed by atoms with E-state index in [0.29, 0.717) is 25.9 Å². The average Bonchev–Trinajstić information content (AvgIpc) is 2.52. The summed E-state index contributed by atoms with van der Waals surface area (Å²) in [5, 5.41) is 0. The molecule has 6 heteroatoms. The molecule has 1 aliphatic rings. The van der Waals surface area contributed by atoms with Crippen LogP contribution in [0.15, 0.2) is 18.2 Å². The number of halogens is 1. The fourth-order valence-electron chi connectivity index (χ4n) is 2.81. The molecule has 0 radical (unpaired) electrons. The number of nitrogens with zero attached hydrogens (tertiary/aromatic N) is 1. The van der Waals surface area contributed by atoms with Gasteiger partial charge >= 0.3 is 12.1 Å². The molecule has 1 fully saturated rings. The summed E-state index contributed by atoms with van der Waals surface area (Å²) in [6.07, 6.45) is 1.07. The molecular weight excluding hydrogens is 313 g/mol. The van der Waals surface area contributed by atoms with Crippen molar-refractivity contribution >= 4 is 12.1 Å². The molecule has 1 amide bonds. The fraction of sp³-hybridized carbons (Fsp3) is 0.556. The van der Waals surface area contributed by atoms with E-state index >= 15 is 0 Å². The predicted molar refractivity (Wildman–Crippen MR) is 87.5 cm³/mol. The summed E-state index contributed by atoms with van der Waals surface area (Å²) in [4.78, 5) is 25.4. The number of rotatable bonds is 2. The molecular formula is C18H24FNO4. The summed E-state index contributed by atoms with van der Waals surface area (Å²) in [6.45, 7) is 6.59. The van der Waals surface area contributed by atoms with Gasteiger partial charge in [-0.2, -0.15) is 0 Å². The van der Waals surface area contributed by atoms with Crippen LogP contribution in [0.25, 0.3) is 0 Å². The number of hydrogen-bond acceptors (Lipinski definition) is 4. The van der Waals surface area contributed by atoms with E-state index in [9.17, 15) is 14.0 Å². The summed E-state index contributed by atoms with van der Waals surface area (Å²) < 4.78 is 23.8. The second-order valence-electron chi connectivity index (χ2n) is 7.01. The van der Waals surface area contributed by atoms with Crippen molar-refractivity contribution in [2.75, 3.05) is 20.2 Å². The quantitative estimate of drug-likeness (QED) is 0.772. The van der Waals surface area contributed by atoms with E-state index in [1.54, 1.807) is 11.0 Å². The molecule has 0 unspecified atom stereocenters. The molecule has 1 aliphatic heterocycles. The number of esters is 1. The molecule has 1 aromatic rings. The first-order valence-corrected chi connectivity index (χ1v) is 8.06. The zero-order valence-corrected chi connectivity index (χ0v) is 14.6. The first-order valence-electron chi connectivity index (χ1n) is 8.06. The number of carbonyl (C=O) groups is 2. The van der Waals surface area contributed by atoms with E-state index in [4.69, 9.17) is 4.74 Å². The monoisotopic (exact) mass is 337 g/mol. The third kappa shape index (κ3) is 4.69. The lowest BCUT2D eigenvalue weighted by Crippen LogP contribution is -2.41. The third-order valence-corrected chi connectivity index (χ3v) is 3.96. The first kappa shape index (κ1) is 18.2. The van der Waals surface area contributed by atoms with Gasteiger partial charge < -0.3 is 14.4 Å². The Labute approximate surface area is 141 Å². The van der Waals surface area contributed by atoms with Crippen molar-refractivity contribution in [1.82, 2.24) is 4.90 Å². The molecule has 1 saturated heterocycles. The Hall–Kier alpha value is -2.11. The van der Waals surface area contributed by atoms with Crippen LogP contribution >= 0.6 is 0 Å². The lowest BCUT2D eigenvalue weighted by atomic mass is 9.88. The summed E-state index contributed by atoms with van der Waals surface area (Å²) in [5.41, 5.74) is 0.452. The van der Waals surface area contributed by atoms with E-state index in [0.717, 1.165) is 5.56 Å². The molecule has 0 bridgehead atoms. The number of ether oxygens (including phenoxy) is 2. The molecule has 0 aliphatic carbocycles. The van der Waals surface area contributed by atoms with Crippen molar-refractivity contribution in [1.29, 1.82) is 0 Å². The number of amides is 1. The van der Waals surface area contributed by atoms with Crippen LogP contribution in [0, 0.1) is 5.82 Å². The van der Waals surface area contributed by atoms with E-state index in [1.165, 1.54) is 19.2 Å². The minimum atomic E-state index is -0.554. The van der Waals surface area contributed by atoms with Gasteiger partial charge in [0.15, 0.2) is 0 Å².